The minimum absolute atomic E-state index is 0.102. The molecule has 0 unspecified atom stereocenters. The fourth-order valence-corrected chi connectivity index (χ4v) is 3.53. The van der Waals surface area contributed by atoms with Crippen LogP contribution in [-0.2, 0) is 0 Å². The average Bonchev–Trinajstić information content (AvgIpc) is 3.26. The van der Waals surface area contributed by atoms with E-state index < -0.39 is 5.82 Å². The molecule has 0 radical (unpaired) electrons. The first-order valence-electron chi connectivity index (χ1n) is 8.84. The lowest BCUT2D eigenvalue weighted by Crippen LogP contribution is -2.02. The minimum atomic E-state index is -0.438. The molecule has 0 atom stereocenters. The number of halogens is 1. The largest absolute Gasteiger partial charge is 0.274 e. The predicted molar refractivity (Wildman–Crippen MR) is 115 cm³/mol. The first-order chi connectivity index (χ1) is 14.2. The third-order valence-electron chi connectivity index (χ3n) is 4.26. The molecule has 0 fully saturated rings. The number of thiazole rings is 1. The molecule has 4 aromatic rings. The van der Waals surface area contributed by atoms with Gasteiger partial charge in [-0.1, -0.05) is 66.7 Å². The van der Waals surface area contributed by atoms with E-state index in [4.69, 9.17) is 0 Å². The molecular weight excluding hydrogens is 383 g/mol. The second kappa shape index (κ2) is 8.46. The number of hydrogen-bond donors (Lipinski definition) is 1. The zero-order valence-electron chi connectivity index (χ0n) is 15.2. The van der Waals surface area contributed by atoms with Gasteiger partial charge in [-0.25, -0.2) is 9.37 Å². The monoisotopic (exact) mass is 398 g/mol. The standard InChI is InChI=1S/C23H15FN4S/c24-19-8-4-5-9-20(19)27-28-21(14-25)23-26-22(15-29-23)18-12-10-17(11-13-18)16-6-2-1-3-7-16/h1-13,15,27H/b28-21+. The van der Waals surface area contributed by atoms with Gasteiger partial charge in [-0.15, -0.1) is 11.3 Å². The molecule has 29 heavy (non-hydrogen) atoms. The van der Waals surface area contributed by atoms with Crippen LogP contribution in [0, 0.1) is 17.1 Å². The number of nitrogens with zero attached hydrogens (tertiary/aromatic N) is 3. The number of benzene rings is 3. The third-order valence-corrected chi connectivity index (χ3v) is 5.11. The number of hydrogen-bond acceptors (Lipinski definition) is 5. The molecule has 1 heterocycles. The Hall–Kier alpha value is -3.82. The first kappa shape index (κ1) is 18.5. The van der Waals surface area contributed by atoms with Gasteiger partial charge in [0.2, 0.25) is 0 Å². The average molecular weight is 398 g/mol. The molecule has 0 bridgehead atoms. The van der Waals surface area contributed by atoms with E-state index in [-0.39, 0.29) is 11.4 Å². The summed E-state index contributed by atoms with van der Waals surface area (Å²) in [7, 11) is 0. The fourth-order valence-electron chi connectivity index (χ4n) is 2.77. The highest BCUT2D eigenvalue weighted by molar-refractivity contribution is 7.12. The van der Waals surface area contributed by atoms with E-state index >= 15 is 0 Å². The fraction of sp³-hybridized carbons (Fsp3) is 0. The smallest absolute Gasteiger partial charge is 0.196 e. The summed E-state index contributed by atoms with van der Waals surface area (Å²) >= 11 is 1.32. The Morgan fingerprint density at radius 1 is 0.897 bits per heavy atom. The van der Waals surface area contributed by atoms with Gasteiger partial charge in [0.15, 0.2) is 10.7 Å². The predicted octanol–water partition coefficient (Wildman–Crippen LogP) is 5.96. The van der Waals surface area contributed by atoms with Crippen molar-refractivity contribution in [2.24, 2.45) is 5.10 Å². The van der Waals surface area contributed by atoms with E-state index in [2.05, 4.69) is 27.6 Å². The van der Waals surface area contributed by atoms with Crippen LogP contribution in [-0.4, -0.2) is 10.7 Å². The summed E-state index contributed by atoms with van der Waals surface area (Å²) in [5, 5.41) is 15.8. The second-order valence-electron chi connectivity index (χ2n) is 6.15. The number of anilines is 1. The highest BCUT2D eigenvalue weighted by atomic mass is 32.1. The van der Waals surface area contributed by atoms with Crippen LogP contribution in [0.25, 0.3) is 22.4 Å². The quantitative estimate of drug-likeness (QED) is 0.333. The van der Waals surface area contributed by atoms with E-state index in [1.165, 1.54) is 17.4 Å². The summed E-state index contributed by atoms with van der Waals surface area (Å²) in [5.41, 5.74) is 6.88. The van der Waals surface area contributed by atoms with Crippen molar-refractivity contribution in [1.29, 1.82) is 5.26 Å². The number of nitriles is 1. The highest BCUT2D eigenvalue weighted by Crippen LogP contribution is 2.26. The summed E-state index contributed by atoms with van der Waals surface area (Å²) in [6, 6.07) is 26.4. The van der Waals surface area contributed by atoms with Crippen LogP contribution in [0.5, 0.6) is 0 Å². The molecule has 140 valence electrons. The molecule has 6 heteroatoms. The van der Waals surface area contributed by atoms with Crippen molar-refractivity contribution >= 4 is 22.7 Å². The molecule has 0 saturated heterocycles. The maximum absolute atomic E-state index is 13.7. The Morgan fingerprint density at radius 2 is 1.55 bits per heavy atom. The lowest BCUT2D eigenvalue weighted by molar-refractivity contribution is 0.630. The summed E-state index contributed by atoms with van der Waals surface area (Å²) in [4.78, 5) is 4.52. The molecule has 3 aromatic carbocycles. The molecule has 0 aliphatic heterocycles. The van der Waals surface area contributed by atoms with Crippen LogP contribution in [0.3, 0.4) is 0 Å². The van der Waals surface area contributed by atoms with Gasteiger partial charge in [0.05, 0.1) is 11.4 Å². The van der Waals surface area contributed by atoms with Crippen molar-refractivity contribution in [3.05, 3.63) is 95.1 Å². The van der Waals surface area contributed by atoms with Crippen LogP contribution >= 0.6 is 11.3 Å². The molecule has 0 aliphatic carbocycles. The number of rotatable bonds is 5. The zero-order chi connectivity index (χ0) is 20.1. The Morgan fingerprint density at radius 3 is 2.28 bits per heavy atom. The Bertz CT molecular complexity index is 1190. The molecule has 0 aliphatic rings. The van der Waals surface area contributed by atoms with E-state index in [0.717, 1.165) is 22.4 Å². The summed E-state index contributed by atoms with van der Waals surface area (Å²) in [5.74, 6) is -0.438. The molecule has 0 saturated carbocycles. The molecule has 4 nitrogen and oxygen atoms in total. The van der Waals surface area contributed by atoms with Gasteiger partial charge in [0.25, 0.3) is 0 Å². The van der Waals surface area contributed by atoms with Crippen molar-refractivity contribution in [3.63, 3.8) is 0 Å². The molecule has 4 rings (SSSR count). The van der Waals surface area contributed by atoms with Gasteiger partial charge in [-0.05, 0) is 23.3 Å². The van der Waals surface area contributed by atoms with E-state index in [1.54, 1.807) is 18.2 Å². The van der Waals surface area contributed by atoms with Crippen LogP contribution in [0.2, 0.25) is 0 Å². The van der Waals surface area contributed by atoms with Crippen molar-refractivity contribution in [3.8, 4) is 28.5 Å². The van der Waals surface area contributed by atoms with Crippen molar-refractivity contribution < 1.29 is 4.39 Å². The Balaban J connectivity index is 1.55. The number of para-hydroxylation sites is 1. The second-order valence-corrected chi connectivity index (χ2v) is 7.00. The van der Waals surface area contributed by atoms with Crippen molar-refractivity contribution in [2.45, 2.75) is 0 Å². The molecule has 1 N–H and O–H groups in total. The topological polar surface area (TPSA) is 61.1 Å². The summed E-state index contributed by atoms with van der Waals surface area (Å²) < 4.78 is 13.7. The Kier molecular flexibility index (Phi) is 5.41. The van der Waals surface area contributed by atoms with Crippen LogP contribution in [0.1, 0.15) is 5.01 Å². The molecular formula is C23H15FN4S. The van der Waals surface area contributed by atoms with E-state index in [0.29, 0.717) is 5.01 Å². The van der Waals surface area contributed by atoms with Crippen molar-refractivity contribution in [1.82, 2.24) is 4.98 Å². The van der Waals surface area contributed by atoms with E-state index in [9.17, 15) is 9.65 Å². The SMILES string of the molecule is N#C/C(=N\Nc1ccccc1F)c1nc(-c2ccc(-c3ccccc3)cc2)cs1. The Labute approximate surface area is 171 Å². The van der Waals surface area contributed by atoms with Gasteiger partial charge in [0.1, 0.15) is 11.9 Å². The molecule has 1 aromatic heterocycles. The van der Waals surface area contributed by atoms with Gasteiger partial charge < -0.3 is 0 Å². The lowest BCUT2D eigenvalue weighted by atomic mass is 10.0. The number of nitrogens with one attached hydrogen (secondary N) is 1. The maximum Gasteiger partial charge on any atom is 0.196 e. The third kappa shape index (κ3) is 4.21. The van der Waals surface area contributed by atoms with Gasteiger partial charge >= 0.3 is 0 Å². The molecule has 0 amide bonds. The number of hydrazone groups is 1. The van der Waals surface area contributed by atoms with Crippen LogP contribution < -0.4 is 5.43 Å². The minimum Gasteiger partial charge on any atom is -0.274 e. The maximum atomic E-state index is 13.7. The van der Waals surface area contributed by atoms with Crippen molar-refractivity contribution in [2.75, 3.05) is 5.43 Å². The summed E-state index contributed by atoms with van der Waals surface area (Å²) in [6.07, 6.45) is 0. The molecule has 0 spiro atoms. The van der Waals surface area contributed by atoms with Crippen LogP contribution in [0.15, 0.2) is 89.3 Å². The number of aromatic nitrogens is 1. The normalized spacial score (nSPS) is 11.1. The summed E-state index contributed by atoms with van der Waals surface area (Å²) in [6.45, 7) is 0. The highest BCUT2D eigenvalue weighted by Gasteiger charge is 2.11. The lowest BCUT2D eigenvalue weighted by Gasteiger charge is -2.03. The van der Waals surface area contributed by atoms with Crippen LogP contribution in [0.4, 0.5) is 10.1 Å². The van der Waals surface area contributed by atoms with Gasteiger partial charge in [0, 0.05) is 10.9 Å². The van der Waals surface area contributed by atoms with E-state index in [1.807, 2.05) is 53.9 Å². The van der Waals surface area contributed by atoms with Gasteiger partial charge in [-0.3, -0.25) is 5.43 Å². The van der Waals surface area contributed by atoms with Gasteiger partial charge in [-0.2, -0.15) is 10.4 Å². The first-order valence-corrected chi connectivity index (χ1v) is 9.72. The zero-order valence-corrected chi connectivity index (χ0v) is 16.0.